The van der Waals surface area contributed by atoms with Gasteiger partial charge in [-0.2, -0.15) is 13.2 Å². The largest absolute Gasteiger partial charge is 0.501 e. The summed E-state index contributed by atoms with van der Waals surface area (Å²) in [4.78, 5) is 34.4. The Labute approximate surface area is 211 Å². The fourth-order valence-corrected chi connectivity index (χ4v) is 5.94. The molecule has 9 nitrogen and oxygen atoms in total. The van der Waals surface area contributed by atoms with Gasteiger partial charge in [0.2, 0.25) is 0 Å². The van der Waals surface area contributed by atoms with Crippen LogP contribution >= 0.6 is 22.7 Å². The zero-order chi connectivity index (χ0) is 26.1. The van der Waals surface area contributed by atoms with Crippen molar-refractivity contribution < 1.29 is 41.0 Å². The van der Waals surface area contributed by atoms with E-state index in [0.29, 0.717) is 38.4 Å². The number of Topliss-reactive ketones (excluding diaryl/α,β-unsaturated/α-hetero) is 1. The van der Waals surface area contributed by atoms with Gasteiger partial charge in [-0.3, -0.25) is 9.69 Å². The van der Waals surface area contributed by atoms with E-state index >= 15 is 0 Å². The summed E-state index contributed by atoms with van der Waals surface area (Å²) in [5.74, 6) is -0.261. The van der Waals surface area contributed by atoms with E-state index in [0.717, 1.165) is 12.1 Å². The number of carbonyl (C=O) groups excluding carboxylic acids is 2. The summed E-state index contributed by atoms with van der Waals surface area (Å²) >= 11 is 2.46. The highest BCUT2D eigenvalue weighted by atomic mass is 32.2. The first-order valence-electron chi connectivity index (χ1n) is 10.4. The predicted molar refractivity (Wildman–Crippen MR) is 123 cm³/mol. The molecule has 0 unspecified atom stereocenters. The molecule has 0 atom stereocenters. The Morgan fingerprint density at radius 2 is 1.86 bits per heavy atom. The first kappa shape index (κ1) is 26.2. The van der Waals surface area contributed by atoms with Gasteiger partial charge in [0, 0.05) is 11.8 Å². The van der Waals surface area contributed by atoms with Gasteiger partial charge in [0.15, 0.2) is 0 Å². The van der Waals surface area contributed by atoms with Gasteiger partial charge >= 0.3 is 11.6 Å². The number of amides is 1. The van der Waals surface area contributed by atoms with Gasteiger partial charge in [0.25, 0.3) is 9.84 Å². The number of ketones is 1. The number of cyclic esters (lactones) is 1. The Morgan fingerprint density at radius 3 is 2.47 bits per heavy atom. The number of alkyl halides is 3. The van der Waals surface area contributed by atoms with E-state index in [1.54, 1.807) is 5.38 Å². The van der Waals surface area contributed by atoms with Crippen molar-refractivity contribution in [2.24, 2.45) is 0 Å². The number of aromatic nitrogens is 2. The second-order valence-corrected chi connectivity index (χ2v) is 11.7. The number of halogens is 3. The first-order valence-corrected chi connectivity index (χ1v) is 13.5. The zero-order valence-electron chi connectivity index (χ0n) is 18.3. The van der Waals surface area contributed by atoms with Gasteiger partial charge < -0.3 is 9.84 Å². The summed E-state index contributed by atoms with van der Waals surface area (Å²) in [6.07, 6.45) is -0.598. The normalized spacial score (nSPS) is 14.3. The molecule has 2 aromatic heterocycles. The van der Waals surface area contributed by atoms with Crippen LogP contribution in [0.5, 0.6) is 0 Å². The molecule has 1 amide bonds. The number of hydrogen-bond donors (Lipinski definition) is 1. The number of sulfone groups is 1. The Hall–Kier alpha value is -2.88. The summed E-state index contributed by atoms with van der Waals surface area (Å²) in [5, 5.41) is 12.2. The topological polar surface area (TPSA) is 127 Å². The molecule has 1 aliphatic heterocycles. The van der Waals surface area contributed by atoms with Crippen molar-refractivity contribution in [3.63, 3.8) is 0 Å². The van der Waals surface area contributed by atoms with Crippen molar-refractivity contribution >= 4 is 44.4 Å². The monoisotopic (exact) mass is 561 g/mol. The van der Waals surface area contributed by atoms with Gasteiger partial charge in [-0.05, 0) is 17.7 Å². The summed E-state index contributed by atoms with van der Waals surface area (Å²) in [6, 6.07) is 4.00. The minimum atomic E-state index is -5.45. The van der Waals surface area contributed by atoms with Crippen molar-refractivity contribution in [3.8, 4) is 10.6 Å². The molecular weight excluding hydrogens is 543 g/mol. The SMILES string of the molecule is O=C(Cc1ccc(S(=O)(=O)C(F)(F)F)cc1)Cc1nc(-c2sc(CO)nc2CN2CCOC2=O)cs1. The van der Waals surface area contributed by atoms with E-state index in [9.17, 15) is 36.3 Å². The summed E-state index contributed by atoms with van der Waals surface area (Å²) in [7, 11) is -5.45. The van der Waals surface area contributed by atoms with Gasteiger partial charge in [0.1, 0.15) is 22.4 Å². The van der Waals surface area contributed by atoms with Crippen molar-refractivity contribution in [1.29, 1.82) is 0 Å². The number of hydrogen-bond acceptors (Lipinski definition) is 10. The minimum Gasteiger partial charge on any atom is -0.448 e. The van der Waals surface area contributed by atoms with Crippen molar-refractivity contribution in [3.05, 3.63) is 50.9 Å². The van der Waals surface area contributed by atoms with Gasteiger partial charge in [-0.1, -0.05) is 12.1 Å². The number of aliphatic hydroxyl groups is 1. The molecule has 0 radical (unpaired) electrons. The van der Waals surface area contributed by atoms with Gasteiger partial charge in [-0.25, -0.2) is 23.2 Å². The number of aliphatic hydroxyl groups excluding tert-OH is 1. The van der Waals surface area contributed by atoms with Crippen LogP contribution in [0.1, 0.15) is 21.3 Å². The molecule has 15 heteroatoms. The maximum Gasteiger partial charge on any atom is 0.501 e. The molecule has 192 valence electrons. The standard InChI is InChI=1S/C21H18F3N3O6S3/c22-21(23,24)36(31,32)14-3-1-12(2-4-14)7-13(29)8-17-26-16(11-34-17)19-15(25-18(10-28)35-19)9-27-5-6-33-20(27)30/h1-4,11,28H,5-10H2. The van der Waals surface area contributed by atoms with Crippen molar-refractivity contribution in [2.75, 3.05) is 13.2 Å². The Bertz CT molecular complexity index is 1380. The predicted octanol–water partition coefficient (Wildman–Crippen LogP) is 3.36. The molecule has 1 saturated heterocycles. The number of rotatable bonds is 9. The fourth-order valence-electron chi connectivity index (χ4n) is 3.40. The van der Waals surface area contributed by atoms with E-state index < -0.39 is 26.3 Å². The molecule has 36 heavy (non-hydrogen) atoms. The lowest BCUT2D eigenvalue weighted by Gasteiger charge is -2.11. The highest BCUT2D eigenvalue weighted by molar-refractivity contribution is 7.92. The summed E-state index contributed by atoms with van der Waals surface area (Å²) < 4.78 is 65.9. The molecule has 1 fully saturated rings. The lowest BCUT2D eigenvalue weighted by atomic mass is 10.1. The zero-order valence-corrected chi connectivity index (χ0v) is 20.8. The molecule has 3 aromatic rings. The van der Waals surface area contributed by atoms with Crippen LogP contribution in [0.25, 0.3) is 10.6 Å². The molecule has 4 rings (SSSR count). The molecule has 1 aliphatic rings. The molecule has 1 aromatic carbocycles. The maximum atomic E-state index is 12.7. The second-order valence-electron chi connectivity index (χ2n) is 7.69. The number of nitrogens with zero attached hydrogens (tertiary/aromatic N) is 3. The molecule has 1 N–H and O–H groups in total. The summed E-state index contributed by atoms with van der Waals surface area (Å²) in [5.41, 5.74) is -3.93. The van der Waals surface area contributed by atoms with E-state index in [4.69, 9.17) is 4.74 Å². The molecule has 0 spiro atoms. The molecular formula is C21H18F3N3O6S3. The number of ether oxygens (including phenoxy) is 1. The first-order chi connectivity index (χ1) is 17.0. The van der Waals surface area contributed by atoms with Crippen molar-refractivity contribution in [1.82, 2.24) is 14.9 Å². The van der Waals surface area contributed by atoms with Crippen LogP contribution in [0.3, 0.4) is 0 Å². The van der Waals surface area contributed by atoms with E-state index in [-0.39, 0.29) is 38.4 Å². The molecule has 0 saturated carbocycles. The number of carbonyl (C=O) groups is 2. The second kappa shape index (κ2) is 10.2. The van der Waals surface area contributed by atoms with Gasteiger partial charge in [0.05, 0.1) is 47.3 Å². The Morgan fingerprint density at radius 1 is 1.14 bits per heavy atom. The number of benzene rings is 1. The highest BCUT2D eigenvalue weighted by Gasteiger charge is 2.46. The lowest BCUT2D eigenvalue weighted by molar-refractivity contribution is -0.117. The highest BCUT2D eigenvalue weighted by Crippen LogP contribution is 2.33. The quantitative estimate of drug-likeness (QED) is 0.422. The Balaban J connectivity index is 1.43. The van der Waals surface area contributed by atoms with Crippen LogP contribution in [0.4, 0.5) is 18.0 Å². The van der Waals surface area contributed by atoms with E-state index in [1.165, 1.54) is 39.7 Å². The smallest absolute Gasteiger partial charge is 0.448 e. The van der Waals surface area contributed by atoms with Gasteiger partial charge in [-0.15, -0.1) is 22.7 Å². The van der Waals surface area contributed by atoms with Crippen LogP contribution in [0.15, 0.2) is 34.5 Å². The lowest BCUT2D eigenvalue weighted by Crippen LogP contribution is -2.24. The van der Waals surface area contributed by atoms with Crippen LogP contribution < -0.4 is 0 Å². The maximum absolute atomic E-state index is 12.7. The van der Waals surface area contributed by atoms with Crippen LogP contribution in [-0.2, 0) is 45.4 Å². The third kappa shape index (κ3) is 5.58. The number of thiazole rings is 2. The van der Waals surface area contributed by atoms with Crippen LogP contribution in [-0.4, -0.2) is 58.9 Å². The van der Waals surface area contributed by atoms with E-state index in [2.05, 4.69) is 9.97 Å². The van der Waals surface area contributed by atoms with Crippen molar-refractivity contribution in [2.45, 2.75) is 36.4 Å². The fraction of sp³-hybridized carbons (Fsp3) is 0.333. The molecule has 0 bridgehead atoms. The average Bonchev–Trinajstić information content (AvgIpc) is 3.54. The summed E-state index contributed by atoms with van der Waals surface area (Å²) in [6.45, 7) is 0.621. The van der Waals surface area contributed by atoms with Crippen LogP contribution in [0.2, 0.25) is 0 Å². The average molecular weight is 562 g/mol. The third-order valence-corrected chi connectivity index (χ3v) is 8.59. The molecule has 3 heterocycles. The molecule has 0 aliphatic carbocycles. The minimum absolute atomic E-state index is 0.0350. The van der Waals surface area contributed by atoms with Crippen LogP contribution in [0, 0.1) is 0 Å². The third-order valence-electron chi connectivity index (χ3n) is 5.13. The van der Waals surface area contributed by atoms with E-state index in [1.807, 2.05) is 0 Å². The Kier molecular flexibility index (Phi) is 7.45.